The van der Waals surface area contributed by atoms with Crippen molar-refractivity contribution in [1.29, 1.82) is 0 Å². The van der Waals surface area contributed by atoms with Crippen LogP contribution in [0.3, 0.4) is 0 Å². The van der Waals surface area contributed by atoms with Crippen molar-refractivity contribution in [2.24, 2.45) is 0 Å². The van der Waals surface area contributed by atoms with Gasteiger partial charge in [-0.25, -0.2) is 9.97 Å². The van der Waals surface area contributed by atoms with Gasteiger partial charge in [-0.1, -0.05) is 47.7 Å². The molecular weight excluding hydrogens is 576 g/mol. The van der Waals surface area contributed by atoms with Gasteiger partial charge in [-0.05, 0) is 73.5 Å². The monoisotopic (exact) mass is 602 g/mol. The number of aliphatic hydroxyl groups excluding tert-OH is 1. The number of pyridine rings is 1. The summed E-state index contributed by atoms with van der Waals surface area (Å²) >= 11 is 1.26. The van der Waals surface area contributed by atoms with Gasteiger partial charge in [0.05, 0.1) is 34.6 Å². The summed E-state index contributed by atoms with van der Waals surface area (Å²) in [6.07, 6.45) is 1.84. The maximum Gasteiger partial charge on any atom is 0.301 e. The molecule has 218 valence electrons. The number of carbonyl (C=O) groups excluding carboxylic acids is 2. The Kier molecular flexibility index (Phi) is 6.63. The van der Waals surface area contributed by atoms with E-state index in [4.69, 9.17) is 19.4 Å². The number of para-hydroxylation sites is 1. The third-order valence-electron chi connectivity index (χ3n) is 7.70. The molecule has 1 aliphatic heterocycles. The summed E-state index contributed by atoms with van der Waals surface area (Å²) in [7, 11) is 1.58. The lowest BCUT2D eigenvalue weighted by Crippen LogP contribution is -2.29. The van der Waals surface area contributed by atoms with E-state index in [1.807, 2.05) is 73.0 Å². The molecule has 1 aliphatic rings. The van der Waals surface area contributed by atoms with Crippen LogP contribution in [-0.4, -0.2) is 38.3 Å². The number of amides is 1. The second-order valence-electron chi connectivity index (χ2n) is 10.4. The Morgan fingerprint density at radius 1 is 0.886 bits per heavy atom. The Hall–Kier alpha value is -5.48. The number of aliphatic hydroxyl groups is 1. The van der Waals surface area contributed by atoms with Crippen molar-refractivity contribution in [1.82, 2.24) is 14.4 Å². The van der Waals surface area contributed by atoms with Crippen molar-refractivity contribution < 1.29 is 24.2 Å². The number of ketones is 1. The van der Waals surface area contributed by atoms with Gasteiger partial charge in [-0.3, -0.25) is 14.5 Å². The van der Waals surface area contributed by atoms with Crippen molar-refractivity contribution in [3.63, 3.8) is 0 Å². The molecule has 1 atom stereocenters. The molecule has 1 N–H and O–H groups in total. The lowest BCUT2D eigenvalue weighted by Gasteiger charge is -2.23. The van der Waals surface area contributed by atoms with Crippen molar-refractivity contribution >= 4 is 49.8 Å². The van der Waals surface area contributed by atoms with E-state index in [1.165, 1.54) is 16.2 Å². The molecule has 10 heteroatoms. The van der Waals surface area contributed by atoms with Crippen LogP contribution in [0.5, 0.6) is 17.2 Å². The molecule has 0 radical (unpaired) electrons. The van der Waals surface area contributed by atoms with E-state index in [0.717, 1.165) is 10.3 Å². The average Bonchev–Trinajstić information content (AvgIpc) is 3.69. The van der Waals surface area contributed by atoms with E-state index in [0.29, 0.717) is 44.8 Å². The minimum atomic E-state index is -0.998. The fourth-order valence-electron chi connectivity index (χ4n) is 5.51. The van der Waals surface area contributed by atoms with Gasteiger partial charge < -0.3 is 19.0 Å². The first-order valence-electron chi connectivity index (χ1n) is 13.9. The number of hydrogen-bond acceptors (Lipinski definition) is 8. The molecule has 1 unspecified atom stereocenters. The van der Waals surface area contributed by atoms with Gasteiger partial charge in [-0.2, -0.15) is 0 Å². The molecule has 3 aromatic heterocycles. The number of aryl methyl sites for hydroxylation is 2. The third kappa shape index (κ3) is 4.47. The quantitative estimate of drug-likeness (QED) is 0.124. The van der Waals surface area contributed by atoms with Crippen LogP contribution < -0.4 is 14.4 Å². The first-order chi connectivity index (χ1) is 21.3. The standard InChI is InChI=1S/C34H26N4O5S/c1-19-9-8-16-37-20(2)28(36-32(19)37)30(39)27-29(21-10-7-13-24(17-21)43-22-11-5-4-6-12-22)38(33(41)31(27)40)34-35-25-15-14-23(42-3)18-26(25)44-34/h4-18,29,39H,1-3H3. The molecule has 1 fully saturated rings. The smallest absolute Gasteiger partial charge is 0.301 e. The van der Waals surface area contributed by atoms with Gasteiger partial charge in [-0.15, -0.1) is 0 Å². The minimum Gasteiger partial charge on any atom is -0.505 e. The number of nitrogens with zero attached hydrogens (tertiary/aromatic N) is 4. The highest BCUT2D eigenvalue weighted by molar-refractivity contribution is 7.22. The Balaban J connectivity index is 1.43. The number of hydrogen-bond donors (Lipinski definition) is 1. The maximum absolute atomic E-state index is 13.9. The molecule has 0 bridgehead atoms. The number of thiazole rings is 1. The van der Waals surface area contributed by atoms with E-state index in [9.17, 15) is 14.7 Å². The summed E-state index contributed by atoms with van der Waals surface area (Å²) in [4.78, 5) is 38.4. The lowest BCUT2D eigenvalue weighted by atomic mass is 9.96. The number of anilines is 1. The summed E-state index contributed by atoms with van der Waals surface area (Å²) in [5.74, 6) is -0.188. The Morgan fingerprint density at radius 3 is 2.45 bits per heavy atom. The minimum absolute atomic E-state index is 0.0761. The number of carbonyl (C=O) groups is 2. The van der Waals surface area contributed by atoms with Crippen molar-refractivity contribution in [2.75, 3.05) is 12.0 Å². The molecule has 3 aromatic carbocycles. The van der Waals surface area contributed by atoms with Crippen LogP contribution in [0.2, 0.25) is 0 Å². The van der Waals surface area contributed by atoms with E-state index < -0.39 is 17.7 Å². The topological polar surface area (TPSA) is 106 Å². The second kappa shape index (κ2) is 10.7. The van der Waals surface area contributed by atoms with Gasteiger partial charge in [0.25, 0.3) is 5.78 Å². The SMILES string of the molecule is COc1ccc2nc(N3C(=O)C(=O)C(=C(O)c4nc5c(C)cccn5c4C)C3c3cccc(Oc4ccccc4)c3)sc2c1. The first kappa shape index (κ1) is 27.4. The fraction of sp³-hybridized carbons (Fsp3) is 0.118. The summed E-state index contributed by atoms with van der Waals surface area (Å²) in [6.45, 7) is 3.74. The Morgan fingerprint density at radius 2 is 1.68 bits per heavy atom. The molecule has 1 amide bonds. The van der Waals surface area contributed by atoms with Crippen molar-refractivity contribution in [3.05, 3.63) is 119 Å². The van der Waals surface area contributed by atoms with Crippen LogP contribution in [0.15, 0.2) is 96.7 Å². The maximum atomic E-state index is 13.9. The van der Waals surface area contributed by atoms with Crippen LogP contribution in [0.1, 0.15) is 28.6 Å². The van der Waals surface area contributed by atoms with Gasteiger partial charge in [0.15, 0.2) is 10.9 Å². The van der Waals surface area contributed by atoms with Crippen LogP contribution in [0.25, 0.3) is 21.6 Å². The van der Waals surface area contributed by atoms with E-state index >= 15 is 0 Å². The first-order valence-corrected chi connectivity index (χ1v) is 14.7. The molecule has 7 rings (SSSR count). The second-order valence-corrected chi connectivity index (χ2v) is 11.4. The van der Waals surface area contributed by atoms with Crippen LogP contribution in [-0.2, 0) is 9.59 Å². The number of imidazole rings is 1. The van der Waals surface area contributed by atoms with E-state index in [1.54, 1.807) is 43.5 Å². The van der Waals surface area contributed by atoms with Gasteiger partial charge in [0, 0.05) is 6.20 Å². The van der Waals surface area contributed by atoms with Crippen LogP contribution in [0, 0.1) is 13.8 Å². The zero-order chi connectivity index (χ0) is 30.5. The zero-order valence-corrected chi connectivity index (χ0v) is 24.8. The zero-order valence-electron chi connectivity index (χ0n) is 24.0. The molecule has 4 heterocycles. The largest absolute Gasteiger partial charge is 0.505 e. The molecule has 0 spiro atoms. The predicted octanol–water partition coefficient (Wildman–Crippen LogP) is 6.99. The summed E-state index contributed by atoms with van der Waals surface area (Å²) < 4.78 is 14.1. The summed E-state index contributed by atoms with van der Waals surface area (Å²) in [6, 6.07) is 24.7. The van der Waals surface area contributed by atoms with Crippen LogP contribution in [0.4, 0.5) is 5.13 Å². The van der Waals surface area contributed by atoms with Crippen molar-refractivity contribution in [3.8, 4) is 17.2 Å². The molecule has 0 aliphatic carbocycles. The van der Waals surface area contributed by atoms with Gasteiger partial charge >= 0.3 is 5.91 Å². The van der Waals surface area contributed by atoms with Crippen LogP contribution >= 0.6 is 11.3 Å². The molecular formula is C34H26N4O5S. The summed E-state index contributed by atoms with van der Waals surface area (Å²) in [5, 5.41) is 12.1. The Bertz CT molecular complexity index is 2130. The average molecular weight is 603 g/mol. The number of ether oxygens (including phenoxy) is 2. The summed E-state index contributed by atoms with van der Waals surface area (Å²) in [5.41, 5.74) is 3.56. The molecule has 1 saturated heterocycles. The number of Topliss-reactive ketones (excluding diaryl/α,β-unsaturated/α-hetero) is 1. The van der Waals surface area contributed by atoms with Gasteiger partial charge in [0.2, 0.25) is 0 Å². The number of aromatic nitrogens is 3. The number of rotatable bonds is 6. The van der Waals surface area contributed by atoms with E-state index in [2.05, 4.69) is 0 Å². The van der Waals surface area contributed by atoms with Gasteiger partial charge in [0.1, 0.15) is 28.6 Å². The number of benzene rings is 3. The van der Waals surface area contributed by atoms with E-state index in [-0.39, 0.29) is 17.0 Å². The highest BCUT2D eigenvalue weighted by atomic mass is 32.1. The number of methoxy groups -OCH3 is 1. The normalized spacial score (nSPS) is 16.2. The predicted molar refractivity (Wildman–Crippen MR) is 169 cm³/mol. The van der Waals surface area contributed by atoms with Crippen molar-refractivity contribution in [2.45, 2.75) is 19.9 Å². The fourth-order valence-corrected chi connectivity index (χ4v) is 6.54. The third-order valence-corrected chi connectivity index (χ3v) is 8.71. The lowest BCUT2D eigenvalue weighted by molar-refractivity contribution is -0.132. The number of fused-ring (bicyclic) bond motifs is 2. The molecule has 6 aromatic rings. The molecule has 0 saturated carbocycles. The molecule has 9 nitrogen and oxygen atoms in total. The molecule has 44 heavy (non-hydrogen) atoms. The highest BCUT2D eigenvalue weighted by Crippen LogP contribution is 2.45. The highest BCUT2D eigenvalue weighted by Gasteiger charge is 2.48. The Labute approximate surface area is 256 Å².